The summed E-state index contributed by atoms with van der Waals surface area (Å²) in [6, 6.07) is 0.417. The van der Waals surface area contributed by atoms with Crippen molar-refractivity contribution in [3.63, 3.8) is 0 Å². The van der Waals surface area contributed by atoms with Gasteiger partial charge in [0.15, 0.2) is 5.69 Å². The van der Waals surface area contributed by atoms with Gasteiger partial charge in [-0.15, -0.1) is 0 Å². The maximum Gasteiger partial charge on any atom is 0.278 e. The second-order valence-electron chi connectivity index (χ2n) is 7.34. The number of rotatable bonds is 6. The molecule has 1 atom stereocenters. The molecule has 2 saturated heterocycles. The van der Waals surface area contributed by atoms with E-state index < -0.39 is 0 Å². The quantitative estimate of drug-likeness (QED) is 0.717. The van der Waals surface area contributed by atoms with Crippen LogP contribution >= 0.6 is 0 Å². The molecule has 2 fully saturated rings. The van der Waals surface area contributed by atoms with Crippen LogP contribution in [0.25, 0.3) is 0 Å². The van der Waals surface area contributed by atoms with Crippen LogP contribution in [0.4, 0.5) is 0 Å². The van der Waals surface area contributed by atoms with Crippen LogP contribution in [0, 0.1) is 12.8 Å². The summed E-state index contributed by atoms with van der Waals surface area (Å²) < 4.78 is 9.63. The number of carbonyl (C=O) groups is 2. The first-order chi connectivity index (χ1) is 13.1. The highest BCUT2D eigenvalue weighted by Crippen LogP contribution is 2.24. The zero-order valence-corrected chi connectivity index (χ0v) is 16.1. The highest BCUT2D eigenvalue weighted by molar-refractivity contribution is 5.93. The second kappa shape index (κ2) is 9.27. The predicted molar refractivity (Wildman–Crippen MR) is 97.1 cm³/mol. The van der Waals surface area contributed by atoms with Gasteiger partial charge in [-0.25, -0.2) is 4.63 Å². The van der Waals surface area contributed by atoms with E-state index in [9.17, 15) is 9.59 Å². The molecule has 1 aromatic heterocycles. The summed E-state index contributed by atoms with van der Waals surface area (Å²) in [5.41, 5.74) is 0.833. The number of nitrogens with zero attached hydrogens (tertiary/aromatic N) is 4. The molecule has 2 aliphatic rings. The van der Waals surface area contributed by atoms with Crippen molar-refractivity contribution in [3.05, 3.63) is 11.4 Å². The van der Waals surface area contributed by atoms with Gasteiger partial charge in [-0.2, -0.15) is 0 Å². The van der Waals surface area contributed by atoms with E-state index >= 15 is 0 Å². The lowest BCUT2D eigenvalue weighted by Crippen LogP contribution is -2.51. The average molecular weight is 379 g/mol. The van der Waals surface area contributed by atoms with Gasteiger partial charge in [0.05, 0.1) is 12.5 Å². The van der Waals surface area contributed by atoms with Crippen molar-refractivity contribution in [3.8, 4) is 0 Å². The molecule has 0 bridgehead atoms. The molecule has 1 N–H and O–H groups in total. The molecule has 3 heterocycles. The summed E-state index contributed by atoms with van der Waals surface area (Å²) in [7, 11) is 1.63. The normalized spacial score (nSPS) is 22.0. The van der Waals surface area contributed by atoms with E-state index in [4.69, 9.17) is 4.74 Å². The number of amides is 2. The highest BCUT2D eigenvalue weighted by atomic mass is 16.6. The summed E-state index contributed by atoms with van der Waals surface area (Å²) in [5, 5.41) is 10.4. The third kappa shape index (κ3) is 4.84. The van der Waals surface area contributed by atoms with Gasteiger partial charge >= 0.3 is 0 Å². The third-order valence-corrected chi connectivity index (χ3v) is 5.55. The number of hydrogen-bond donors (Lipinski definition) is 1. The van der Waals surface area contributed by atoms with Crippen LogP contribution < -0.4 is 5.32 Å². The topological polar surface area (TPSA) is 101 Å². The molecule has 2 aliphatic heterocycles. The number of hydrogen-bond acceptors (Lipinski definition) is 7. The van der Waals surface area contributed by atoms with Gasteiger partial charge in [0.1, 0.15) is 5.69 Å². The Morgan fingerprint density at radius 1 is 1.22 bits per heavy atom. The number of piperidine rings is 2. The zero-order valence-electron chi connectivity index (χ0n) is 16.1. The molecule has 3 rings (SSSR count). The van der Waals surface area contributed by atoms with Crippen LogP contribution in [-0.2, 0) is 9.53 Å². The fourth-order valence-corrected chi connectivity index (χ4v) is 3.98. The van der Waals surface area contributed by atoms with Gasteiger partial charge in [0, 0.05) is 39.3 Å². The summed E-state index contributed by atoms with van der Waals surface area (Å²) in [5.74, 6) is 0.0544. The molecule has 0 aromatic carbocycles. The Hall–Kier alpha value is -2.00. The molecule has 1 aromatic rings. The summed E-state index contributed by atoms with van der Waals surface area (Å²) in [6.07, 6.45) is 3.79. The summed E-state index contributed by atoms with van der Waals surface area (Å²) in [6.45, 7) is 6.02. The Balaban J connectivity index is 1.48. The van der Waals surface area contributed by atoms with Crippen molar-refractivity contribution in [1.29, 1.82) is 0 Å². The molecule has 0 aliphatic carbocycles. The Bertz CT molecular complexity index is 641. The summed E-state index contributed by atoms with van der Waals surface area (Å²) >= 11 is 0. The zero-order chi connectivity index (χ0) is 19.2. The molecular formula is C18H29N5O4. The van der Waals surface area contributed by atoms with Gasteiger partial charge in [-0.3, -0.25) is 14.5 Å². The van der Waals surface area contributed by atoms with Crippen molar-refractivity contribution in [1.82, 2.24) is 25.4 Å². The fraction of sp³-hybridized carbons (Fsp3) is 0.778. The van der Waals surface area contributed by atoms with E-state index in [1.54, 1.807) is 14.0 Å². The predicted octanol–water partition coefficient (Wildman–Crippen LogP) is 0.457. The smallest absolute Gasteiger partial charge is 0.278 e. The molecule has 0 unspecified atom stereocenters. The minimum atomic E-state index is -0.110. The Labute approximate surface area is 159 Å². The van der Waals surface area contributed by atoms with Crippen molar-refractivity contribution < 1.29 is 19.0 Å². The first-order valence-electron chi connectivity index (χ1n) is 9.69. The van der Waals surface area contributed by atoms with Crippen LogP contribution in [0.3, 0.4) is 0 Å². The molecule has 9 nitrogen and oxygen atoms in total. The van der Waals surface area contributed by atoms with E-state index in [2.05, 4.69) is 25.2 Å². The molecule has 27 heavy (non-hydrogen) atoms. The number of methoxy groups -OCH3 is 1. The number of likely N-dealkylation sites (tertiary alicyclic amines) is 2. The maximum atomic E-state index is 12.5. The van der Waals surface area contributed by atoms with Crippen LogP contribution in [0.5, 0.6) is 0 Å². The minimum Gasteiger partial charge on any atom is -0.383 e. The third-order valence-electron chi connectivity index (χ3n) is 5.55. The Morgan fingerprint density at radius 3 is 2.67 bits per heavy atom. The molecule has 0 radical (unpaired) electrons. The lowest BCUT2D eigenvalue weighted by molar-refractivity contribution is -0.127. The minimum absolute atomic E-state index is 0.0409. The Kier molecular flexibility index (Phi) is 6.78. The monoisotopic (exact) mass is 379 g/mol. The Morgan fingerprint density at radius 2 is 2.00 bits per heavy atom. The molecule has 9 heteroatoms. The molecule has 2 amide bonds. The number of aryl methyl sites for hydroxylation is 1. The van der Waals surface area contributed by atoms with Gasteiger partial charge in [-0.1, -0.05) is 5.16 Å². The highest BCUT2D eigenvalue weighted by Gasteiger charge is 2.33. The number of carbonyl (C=O) groups excluding carboxylic acids is 2. The molecule has 0 saturated carbocycles. The van der Waals surface area contributed by atoms with E-state index in [0.717, 1.165) is 38.8 Å². The molecule has 150 valence electrons. The van der Waals surface area contributed by atoms with Gasteiger partial charge in [0.25, 0.3) is 5.91 Å². The van der Waals surface area contributed by atoms with Gasteiger partial charge in [0.2, 0.25) is 5.91 Å². The average Bonchev–Trinajstić information content (AvgIpc) is 3.13. The van der Waals surface area contributed by atoms with E-state index in [1.807, 2.05) is 4.90 Å². The first-order valence-corrected chi connectivity index (χ1v) is 9.69. The van der Waals surface area contributed by atoms with Gasteiger partial charge < -0.3 is 15.0 Å². The lowest BCUT2D eigenvalue weighted by Gasteiger charge is -2.41. The fourth-order valence-electron chi connectivity index (χ4n) is 3.98. The van der Waals surface area contributed by atoms with Crippen LogP contribution in [0.15, 0.2) is 4.63 Å². The number of ether oxygens (including phenoxy) is 1. The number of nitrogens with one attached hydrogen (secondary N) is 1. The van der Waals surface area contributed by atoms with Crippen LogP contribution in [0.2, 0.25) is 0 Å². The molecule has 0 spiro atoms. The largest absolute Gasteiger partial charge is 0.383 e. The number of aromatic nitrogens is 2. The van der Waals surface area contributed by atoms with Crippen molar-refractivity contribution in [2.45, 2.75) is 38.6 Å². The SMILES string of the molecule is COCCNC(=O)[C@@H]1CCCN(C2CCN(C(=O)c3nonc3C)CC2)C1. The van der Waals surface area contributed by atoms with E-state index in [1.165, 1.54) is 0 Å². The van der Waals surface area contributed by atoms with Gasteiger partial charge in [-0.05, 0) is 44.3 Å². The van der Waals surface area contributed by atoms with E-state index in [-0.39, 0.29) is 17.7 Å². The standard InChI is InChI=1S/C18H29N5O4/c1-13-16(21-27-20-13)18(25)22-9-5-15(6-10-22)23-8-3-4-14(12-23)17(24)19-7-11-26-2/h14-15H,3-12H2,1-2H3,(H,19,24)/t14-/m1/s1. The molecular weight excluding hydrogens is 350 g/mol. The first kappa shape index (κ1) is 19.8. The van der Waals surface area contributed by atoms with E-state index in [0.29, 0.717) is 43.7 Å². The maximum absolute atomic E-state index is 12.5. The summed E-state index contributed by atoms with van der Waals surface area (Å²) in [4.78, 5) is 29.1. The van der Waals surface area contributed by atoms with Crippen molar-refractivity contribution in [2.24, 2.45) is 5.92 Å². The van der Waals surface area contributed by atoms with Crippen LogP contribution in [0.1, 0.15) is 41.9 Å². The lowest BCUT2D eigenvalue weighted by atomic mass is 9.93. The van der Waals surface area contributed by atoms with Crippen LogP contribution in [-0.4, -0.2) is 84.4 Å². The van der Waals surface area contributed by atoms with Crippen molar-refractivity contribution >= 4 is 11.8 Å². The van der Waals surface area contributed by atoms with Crippen molar-refractivity contribution in [2.75, 3.05) is 46.4 Å². The second-order valence-corrected chi connectivity index (χ2v) is 7.34.